The van der Waals surface area contributed by atoms with Crippen molar-refractivity contribution in [2.45, 2.75) is 13.0 Å². The molecule has 0 aliphatic carbocycles. The minimum atomic E-state index is -1.27. The number of hydrogen-bond donors (Lipinski definition) is 2. The highest BCUT2D eigenvalue weighted by molar-refractivity contribution is 6.00. The molecule has 3 aromatic rings. The predicted octanol–water partition coefficient (Wildman–Crippen LogP) is 2.42. The summed E-state index contributed by atoms with van der Waals surface area (Å²) in [6, 6.07) is 13.4. The number of imide groups is 1. The van der Waals surface area contributed by atoms with E-state index in [1.807, 2.05) is 23.5 Å². The van der Waals surface area contributed by atoms with Gasteiger partial charge in [0.1, 0.15) is 17.1 Å². The van der Waals surface area contributed by atoms with E-state index < -0.39 is 29.8 Å². The Bertz CT molecular complexity index is 1050. The molecule has 148 valence electrons. The molecule has 0 fully saturated rings. The lowest BCUT2D eigenvalue weighted by Gasteiger charge is -2.11. The van der Waals surface area contributed by atoms with Gasteiger partial charge in [0.15, 0.2) is 6.10 Å². The second-order valence-electron chi connectivity index (χ2n) is 6.08. The lowest BCUT2D eigenvalue weighted by Crippen LogP contribution is -2.42. The number of urea groups is 1. The van der Waals surface area contributed by atoms with E-state index in [1.54, 1.807) is 12.1 Å². The Balaban J connectivity index is 1.96. The van der Waals surface area contributed by atoms with Gasteiger partial charge in [-0.25, -0.2) is 18.7 Å². The zero-order valence-electron chi connectivity index (χ0n) is 15.3. The zero-order valence-corrected chi connectivity index (χ0v) is 15.3. The first kappa shape index (κ1) is 19.7. The number of halogens is 1. The normalized spacial score (nSPS) is 11.5. The molecule has 0 spiro atoms. The molecule has 1 aromatic heterocycles. The lowest BCUT2D eigenvalue weighted by atomic mass is 10.1. The first-order chi connectivity index (χ1) is 13.8. The minimum Gasteiger partial charge on any atom is -0.449 e. The Labute approximate surface area is 165 Å². The van der Waals surface area contributed by atoms with Gasteiger partial charge >= 0.3 is 12.0 Å². The van der Waals surface area contributed by atoms with E-state index in [1.165, 1.54) is 42.1 Å². The van der Waals surface area contributed by atoms with Crippen molar-refractivity contribution in [2.75, 3.05) is 0 Å². The average molecular weight is 396 g/mol. The molecule has 1 atom stereocenters. The van der Waals surface area contributed by atoms with Crippen molar-refractivity contribution >= 4 is 17.9 Å². The van der Waals surface area contributed by atoms with Crippen LogP contribution in [0, 0.1) is 5.82 Å². The van der Waals surface area contributed by atoms with Gasteiger partial charge in [0.2, 0.25) is 0 Å². The van der Waals surface area contributed by atoms with Crippen LogP contribution in [0.15, 0.2) is 60.8 Å². The molecule has 0 aliphatic heterocycles. The Hall–Kier alpha value is -4.01. The van der Waals surface area contributed by atoms with E-state index in [2.05, 4.69) is 5.10 Å². The Morgan fingerprint density at radius 2 is 1.76 bits per heavy atom. The van der Waals surface area contributed by atoms with E-state index >= 15 is 0 Å². The number of carbonyl (C=O) groups is 3. The van der Waals surface area contributed by atoms with E-state index in [0.717, 1.165) is 0 Å². The van der Waals surface area contributed by atoms with Crippen LogP contribution in [0.25, 0.3) is 16.9 Å². The van der Waals surface area contributed by atoms with Gasteiger partial charge in [-0.3, -0.25) is 10.1 Å². The second kappa shape index (κ2) is 8.34. The van der Waals surface area contributed by atoms with Crippen molar-refractivity contribution in [1.82, 2.24) is 15.1 Å². The number of esters is 1. The maximum Gasteiger partial charge on any atom is 0.342 e. The molecule has 0 saturated heterocycles. The number of ether oxygens (including phenoxy) is 1. The fraction of sp³-hybridized carbons (Fsp3) is 0.100. The van der Waals surface area contributed by atoms with Gasteiger partial charge < -0.3 is 10.5 Å². The molecule has 0 bridgehead atoms. The zero-order chi connectivity index (χ0) is 21.0. The highest BCUT2D eigenvalue weighted by atomic mass is 19.1. The van der Waals surface area contributed by atoms with Gasteiger partial charge in [-0.05, 0) is 43.3 Å². The maximum absolute atomic E-state index is 13.3. The third kappa shape index (κ3) is 4.64. The number of para-hydroxylation sites is 1. The monoisotopic (exact) mass is 396 g/mol. The number of aromatic nitrogens is 2. The van der Waals surface area contributed by atoms with Gasteiger partial charge in [0.05, 0.1) is 5.69 Å². The molecule has 3 amide bonds. The van der Waals surface area contributed by atoms with Crippen LogP contribution in [0.1, 0.15) is 17.3 Å². The van der Waals surface area contributed by atoms with Gasteiger partial charge in [-0.1, -0.05) is 18.2 Å². The van der Waals surface area contributed by atoms with Crippen LogP contribution in [0.5, 0.6) is 0 Å². The van der Waals surface area contributed by atoms with E-state index in [-0.39, 0.29) is 11.3 Å². The lowest BCUT2D eigenvalue weighted by molar-refractivity contribution is -0.127. The quantitative estimate of drug-likeness (QED) is 0.643. The summed E-state index contributed by atoms with van der Waals surface area (Å²) >= 11 is 0. The minimum absolute atomic E-state index is 0.0687. The van der Waals surface area contributed by atoms with Crippen molar-refractivity contribution in [1.29, 1.82) is 0 Å². The molecule has 0 saturated carbocycles. The second-order valence-corrected chi connectivity index (χ2v) is 6.08. The standard InChI is InChI=1S/C20H17FN4O4/c1-12(18(26)23-20(22)28)29-19(27)16-11-25(15-5-3-2-4-6-15)24-17(16)13-7-9-14(21)10-8-13/h2-12H,1H3,(H3,22,23,26,28)/t12-/m0/s1. The summed E-state index contributed by atoms with van der Waals surface area (Å²) in [6.07, 6.45) is 0.186. The number of amides is 3. The highest BCUT2D eigenvalue weighted by Gasteiger charge is 2.25. The Kier molecular flexibility index (Phi) is 5.68. The van der Waals surface area contributed by atoms with Crippen molar-refractivity contribution in [3.8, 4) is 16.9 Å². The molecule has 3 rings (SSSR count). The predicted molar refractivity (Wildman–Crippen MR) is 102 cm³/mol. The van der Waals surface area contributed by atoms with Gasteiger partial charge in [-0.2, -0.15) is 5.10 Å². The number of primary amides is 1. The van der Waals surface area contributed by atoms with Gasteiger partial charge in [0, 0.05) is 11.8 Å². The van der Waals surface area contributed by atoms with Crippen LogP contribution in [0.4, 0.5) is 9.18 Å². The summed E-state index contributed by atoms with van der Waals surface area (Å²) in [5.74, 6) is -2.12. The summed E-state index contributed by atoms with van der Waals surface area (Å²) < 4.78 is 19.9. The van der Waals surface area contributed by atoms with Crippen molar-refractivity contribution in [2.24, 2.45) is 5.73 Å². The number of nitrogens with two attached hydrogens (primary N) is 1. The van der Waals surface area contributed by atoms with Crippen LogP contribution in [-0.2, 0) is 9.53 Å². The van der Waals surface area contributed by atoms with Crippen LogP contribution >= 0.6 is 0 Å². The maximum atomic E-state index is 13.3. The summed E-state index contributed by atoms with van der Waals surface area (Å²) in [5, 5.41) is 6.26. The highest BCUT2D eigenvalue weighted by Crippen LogP contribution is 2.25. The number of nitrogens with one attached hydrogen (secondary N) is 1. The fourth-order valence-electron chi connectivity index (χ4n) is 2.56. The summed E-state index contributed by atoms with van der Waals surface area (Å²) in [5.41, 5.74) is 6.40. The first-order valence-corrected chi connectivity index (χ1v) is 8.57. The third-order valence-corrected chi connectivity index (χ3v) is 3.97. The molecule has 3 N–H and O–H groups in total. The van der Waals surface area contributed by atoms with Crippen LogP contribution < -0.4 is 11.1 Å². The van der Waals surface area contributed by atoms with E-state index in [0.29, 0.717) is 11.3 Å². The summed E-state index contributed by atoms with van der Waals surface area (Å²) in [4.78, 5) is 35.3. The summed E-state index contributed by atoms with van der Waals surface area (Å²) in [6.45, 7) is 1.30. The van der Waals surface area contributed by atoms with Crippen molar-refractivity contribution in [3.63, 3.8) is 0 Å². The Morgan fingerprint density at radius 1 is 1.10 bits per heavy atom. The molecule has 9 heteroatoms. The van der Waals surface area contributed by atoms with Crippen LogP contribution in [-0.4, -0.2) is 33.8 Å². The van der Waals surface area contributed by atoms with E-state index in [9.17, 15) is 18.8 Å². The van der Waals surface area contributed by atoms with E-state index in [4.69, 9.17) is 10.5 Å². The van der Waals surface area contributed by atoms with Gasteiger partial charge in [0.25, 0.3) is 5.91 Å². The van der Waals surface area contributed by atoms with Crippen molar-refractivity contribution < 1.29 is 23.5 Å². The topological polar surface area (TPSA) is 116 Å². The molecule has 2 aromatic carbocycles. The average Bonchev–Trinajstić information content (AvgIpc) is 3.14. The van der Waals surface area contributed by atoms with Crippen LogP contribution in [0.3, 0.4) is 0 Å². The summed E-state index contributed by atoms with van der Waals surface area (Å²) in [7, 11) is 0. The van der Waals surface area contributed by atoms with Gasteiger partial charge in [-0.15, -0.1) is 0 Å². The fourth-order valence-corrected chi connectivity index (χ4v) is 2.56. The smallest absolute Gasteiger partial charge is 0.342 e. The van der Waals surface area contributed by atoms with Crippen molar-refractivity contribution in [3.05, 3.63) is 72.2 Å². The molecule has 0 unspecified atom stereocenters. The SMILES string of the molecule is C[C@H](OC(=O)c1cn(-c2ccccc2)nc1-c1ccc(F)cc1)C(=O)NC(N)=O. The molecule has 8 nitrogen and oxygen atoms in total. The third-order valence-electron chi connectivity index (χ3n) is 3.97. The molecule has 29 heavy (non-hydrogen) atoms. The number of hydrogen-bond acceptors (Lipinski definition) is 5. The number of benzene rings is 2. The van der Waals surface area contributed by atoms with Crippen LogP contribution in [0.2, 0.25) is 0 Å². The molecular weight excluding hydrogens is 379 g/mol. The molecule has 1 heterocycles. The molecule has 0 aliphatic rings. The Morgan fingerprint density at radius 3 is 2.38 bits per heavy atom. The largest absolute Gasteiger partial charge is 0.449 e. The molecular formula is C20H17FN4O4. The number of carbonyl (C=O) groups excluding carboxylic acids is 3. The molecule has 0 radical (unpaired) electrons. The first-order valence-electron chi connectivity index (χ1n) is 8.57. The number of nitrogens with zero attached hydrogens (tertiary/aromatic N) is 2. The number of rotatable bonds is 5.